The third kappa shape index (κ3) is 23.5. The number of methoxy groups -OCH3 is 3. The summed E-state index contributed by atoms with van der Waals surface area (Å²) in [5, 5.41) is 26.1. The summed E-state index contributed by atoms with van der Waals surface area (Å²) in [5.41, 5.74) is 28.1. The van der Waals surface area contributed by atoms with Gasteiger partial charge in [0, 0.05) is 110 Å². The van der Waals surface area contributed by atoms with Crippen LogP contribution in [0.1, 0.15) is 283 Å². The van der Waals surface area contributed by atoms with Crippen LogP contribution in [0, 0.1) is 90.0 Å². The quantitative estimate of drug-likeness (QED) is 0.0980. The van der Waals surface area contributed by atoms with Gasteiger partial charge in [-0.05, 0) is 319 Å². The fraction of sp³-hybridized carbons (Fsp3) is 0.400. The first-order valence-electron chi connectivity index (χ1n) is 48.3. The molecule has 750 valence electrons. The molecule has 0 aliphatic carbocycles. The molecule has 15 rings (SSSR count). The highest BCUT2D eigenvalue weighted by molar-refractivity contribution is 8.00. The number of aryl methyl sites for hydroxylation is 13. The maximum Gasteiger partial charge on any atom is 0.453 e. The highest BCUT2D eigenvalue weighted by Gasteiger charge is 2.37. The maximum atomic E-state index is 10.2. The fourth-order valence-corrected chi connectivity index (χ4v) is 22.9. The zero-order valence-corrected chi connectivity index (χ0v) is 95.7. The molecule has 1 unspecified atom stereocenters. The Bertz CT molecular complexity index is 7330. The van der Waals surface area contributed by atoms with Crippen LogP contribution in [0.3, 0.4) is 0 Å². The van der Waals surface area contributed by atoms with Crippen LogP contribution in [-0.4, -0.2) is 31.5 Å². The Labute approximate surface area is 850 Å². The van der Waals surface area contributed by atoms with E-state index in [0.717, 1.165) is 205 Å². The molecule has 0 fully saturated rings. The van der Waals surface area contributed by atoms with E-state index in [1.54, 1.807) is 21.3 Å². The van der Waals surface area contributed by atoms with Crippen LogP contribution in [0.25, 0.3) is 99.2 Å². The minimum absolute atomic E-state index is 0.237. The second-order valence-corrected chi connectivity index (χ2v) is 52.7. The number of phenols is 2. The third-order valence-electron chi connectivity index (χ3n) is 25.6. The van der Waals surface area contributed by atoms with Crippen molar-refractivity contribution in [1.29, 1.82) is 0 Å². The molecule has 2 N–H and O–H groups in total. The Kier molecular flexibility index (Phi) is 30.8. The Morgan fingerprint density at radius 3 is 0.716 bits per heavy atom. The summed E-state index contributed by atoms with van der Waals surface area (Å²) < 4.78 is 89.1. The Morgan fingerprint density at radius 1 is 0.227 bits per heavy atom. The Balaban J connectivity index is 0.000000205. The molecule has 0 bridgehead atoms. The van der Waals surface area contributed by atoms with Crippen LogP contribution in [-0.2, 0) is 43.3 Å². The summed E-state index contributed by atoms with van der Waals surface area (Å²) >= 11 is 12.9. The van der Waals surface area contributed by atoms with E-state index in [4.69, 9.17) is 80.0 Å². The van der Waals surface area contributed by atoms with Crippen molar-refractivity contribution in [3.63, 3.8) is 0 Å². The number of ether oxygens (including phenoxy) is 3. The van der Waals surface area contributed by atoms with Gasteiger partial charge in [0.05, 0.1) is 21.3 Å². The molecule has 0 aliphatic rings. The number of hydrogen-bond acceptors (Lipinski definition) is 15. The molecular formula is C120H146Cl2O15P4. The number of aromatic hydroxyl groups is 2. The van der Waals surface area contributed by atoms with Gasteiger partial charge in [-0.15, -0.1) is 0 Å². The molecule has 15 aromatic rings. The van der Waals surface area contributed by atoms with E-state index < -0.39 is 37.0 Å². The van der Waals surface area contributed by atoms with Gasteiger partial charge in [-0.1, -0.05) is 221 Å². The zero-order chi connectivity index (χ0) is 104. The van der Waals surface area contributed by atoms with Crippen LogP contribution in [0.15, 0.2) is 171 Å². The predicted molar refractivity (Wildman–Crippen MR) is 596 cm³/mol. The molecule has 3 aromatic heterocycles. The SMILES string of the molecule is COc1cc(-c2cc(C)cc(C(C)(C)C)c2Op2oc3c(C(C)(C)C)cc(C)cc3c3cc(C)cc(C(C)(C)C)c3o2)c(Op2oc3c(C)cc(C)cc3c3cc(C)cc(C)c3o2)c(C(C)(C)C)c1.COc1cc(-c2cc(C)cc(C(C)(C)C)c2Op2oc3c(C(C)(C)C)cc(C)cc3c3cc(OC)cc(C(C)(C)C)c3o2)c(OP(Cl)Cl)c(C(C)(C)C)c1.Cc1cc(C)c(O)c(-c2cc(C)cc(C)c2O)c1. The normalized spacial score (nSPS) is 12.6. The van der Waals surface area contributed by atoms with Crippen LogP contribution in [0.4, 0.5) is 0 Å². The van der Waals surface area contributed by atoms with Crippen molar-refractivity contribution in [2.75, 3.05) is 21.3 Å². The first-order valence-corrected chi connectivity index (χ1v) is 54.7. The van der Waals surface area contributed by atoms with Gasteiger partial charge in [-0.3, -0.25) is 0 Å². The summed E-state index contributed by atoms with van der Waals surface area (Å²) in [4.78, 5) is 0. The molecule has 0 saturated heterocycles. The lowest BCUT2D eigenvalue weighted by Gasteiger charge is -2.28. The average molecular weight is 2020 g/mol. The minimum Gasteiger partial charge on any atom is -0.507 e. The molecule has 21 heteroatoms. The van der Waals surface area contributed by atoms with Gasteiger partial charge in [-0.25, -0.2) is 0 Å². The summed E-state index contributed by atoms with van der Waals surface area (Å²) in [7, 11) is -1.24. The number of hydrogen-bond donors (Lipinski definition) is 2. The van der Waals surface area contributed by atoms with Crippen LogP contribution >= 0.6 is 54.1 Å². The van der Waals surface area contributed by atoms with Gasteiger partial charge < -0.3 is 67.7 Å². The van der Waals surface area contributed by atoms with Crippen molar-refractivity contribution in [2.45, 2.75) is 299 Å². The lowest BCUT2D eigenvalue weighted by Crippen LogP contribution is -2.15. The molecule has 0 amide bonds. The van der Waals surface area contributed by atoms with Gasteiger partial charge in [0.2, 0.25) is 0 Å². The van der Waals surface area contributed by atoms with Crippen LogP contribution in [0.5, 0.6) is 51.7 Å². The Morgan fingerprint density at radius 2 is 0.426 bits per heavy atom. The van der Waals surface area contributed by atoms with Crippen molar-refractivity contribution in [1.82, 2.24) is 0 Å². The van der Waals surface area contributed by atoms with Crippen molar-refractivity contribution in [3.8, 4) is 85.1 Å². The lowest BCUT2D eigenvalue weighted by atomic mass is 9.81. The van der Waals surface area contributed by atoms with Crippen LogP contribution < -0.4 is 32.3 Å². The number of phenolic OH excluding ortho intramolecular Hbond substituents is 2. The lowest BCUT2D eigenvalue weighted by molar-refractivity contribution is 0.410. The van der Waals surface area contributed by atoms with Crippen molar-refractivity contribution in [3.05, 3.63) is 262 Å². The van der Waals surface area contributed by atoms with Gasteiger partial charge in [0.25, 0.3) is 6.85 Å². The van der Waals surface area contributed by atoms with Crippen molar-refractivity contribution < 1.29 is 67.7 Å². The number of fused-ring (bicyclic) bond motifs is 9. The van der Waals surface area contributed by atoms with Gasteiger partial charge in [0.15, 0.2) is 0 Å². The van der Waals surface area contributed by atoms with E-state index in [2.05, 4.69) is 326 Å². The zero-order valence-electron chi connectivity index (χ0n) is 90.6. The van der Waals surface area contributed by atoms with Gasteiger partial charge in [-0.2, -0.15) is 0 Å². The molecule has 0 spiro atoms. The maximum absolute atomic E-state index is 10.2. The highest BCUT2D eigenvalue weighted by atomic mass is 35.9. The summed E-state index contributed by atoms with van der Waals surface area (Å²) in [6.07, 6.45) is 0. The third-order valence-corrected chi connectivity index (χ3v) is 29.4. The highest BCUT2D eigenvalue weighted by Crippen LogP contribution is 2.60. The molecule has 141 heavy (non-hydrogen) atoms. The summed E-state index contributed by atoms with van der Waals surface area (Å²) in [5.74, 6) is 5.02. The van der Waals surface area contributed by atoms with E-state index in [9.17, 15) is 10.2 Å². The largest absolute Gasteiger partial charge is 0.507 e. The molecule has 12 aromatic carbocycles. The molecule has 15 nitrogen and oxygen atoms in total. The van der Waals surface area contributed by atoms with E-state index in [0.29, 0.717) is 51.2 Å². The van der Waals surface area contributed by atoms with Crippen molar-refractivity contribution in [2.24, 2.45) is 0 Å². The van der Waals surface area contributed by atoms with E-state index in [1.165, 1.54) is 0 Å². The van der Waals surface area contributed by atoms with Crippen molar-refractivity contribution >= 4 is 120 Å². The van der Waals surface area contributed by atoms with E-state index in [1.807, 2.05) is 76.2 Å². The monoisotopic (exact) mass is 2020 g/mol. The van der Waals surface area contributed by atoms with E-state index in [-0.39, 0.29) is 49.4 Å². The molecule has 0 radical (unpaired) electrons. The first kappa shape index (κ1) is 108. The summed E-state index contributed by atoms with van der Waals surface area (Å²) in [6, 6.07) is 50.4. The predicted octanol–water partition coefficient (Wildman–Crippen LogP) is 39.3. The Hall–Kier alpha value is -10.5. The second-order valence-electron chi connectivity index (χ2n) is 46.8. The second kappa shape index (κ2) is 40.3. The minimum atomic E-state index is -2.13. The molecule has 3 heterocycles. The average Bonchev–Trinajstić information content (AvgIpc) is 1.39. The molecule has 0 aliphatic heterocycles. The number of halogens is 2. The molecule has 1 atom stereocenters. The topological polar surface area (TPSA) is 184 Å². The smallest absolute Gasteiger partial charge is 0.453 e. The number of benzene rings is 12. The summed E-state index contributed by atoms with van der Waals surface area (Å²) in [6.45, 7) is 77.6. The number of rotatable bonds is 14. The van der Waals surface area contributed by atoms with Gasteiger partial charge >= 0.3 is 24.7 Å². The van der Waals surface area contributed by atoms with Gasteiger partial charge in [0.1, 0.15) is 85.2 Å². The standard InChI is InChI=1S/C60H72O7P2.C44H56Cl2O6P2.C16H18O2/c1-33-21-38(6)51-41(23-33)42-24-34(2)22-39(7)52(42)63-68(62-51)67-56-46(31-40(61-20)32-50(56)60(17,18)19)45-27-37(5)30-49(59(14,15)16)55(45)66-69-64-53-43(25-35(3)28-47(53)57(8,9)10)44-26-36(4)29-48(54(44)65-69)58(11,12)13;1-25-17-29(31-21-27(47-15)23-35(43(9,10)11)37(31)49-53(45)46)38(33(19-25)41(3,4)5)50-54-51-39-30(18-26(2)20-34(39)42(6,7)8)32-22-28(48-16)24-36(40(32)52-54)44(12,13)14;1-9-5-11(3)15(17)13(7-9)14-8-10(2)6-12(4)16(14)18/h21-32H,1-20H3;17-24H,1-16H3;5-8,17-18H,1-4H3. The van der Waals surface area contributed by atoms with E-state index >= 15 is 0 Å². The molecule has 0 saturated carbocycles. The fourth-order valence-electron chi connectivity index (χ4n) is 18.7. The molecular weight excluding hydrogens is 1880 g/mol. The first-order chi connectivity index (χ1) is 65.2. The van der Waals surface area contributed by atoms with Crippen LogP contribution in [0.2, 0.25) is 0 Å².